The van der Waals surface area contributed by atoms with Gasteiger partial charge in [0.2, 0.25) is 6.10 Å². The normalized spacial score (nSPS) is 28.3. The lowest BCUT2D eigenvalue weighted by Gasteiger charge is -2.61. The summed E-state index contributed by atoms with van der Waals surface area (Å²) in [4.78, 5) is 53.4. The number of aliphatic hydroxyl groups is 1. The second-order valence-corrected chi connectivity index (χ2v) is 12.2. The van der Waals surface area contributed by atoms with Gasteiger partial charge in [0.1, 0.15) is 11.7 Å². The van der Waals surface area contributed by atoms with Crippen molar-refractivity contribution in [3.8, 4) is 11.5 Å². The highest BCUT2D eigenvalue weighted by Crippen LogP contribution is 2.65. The molecular weight excluding hydrogens is 570 g/mol. The molecule has 6 rings (SSSR count). The van der Waals surface area contributed by atoms with Gasteiger partial charge in [0.05, 0.1) is 11.0 Å². The second-order valence-electron chi connectivity index (χ2n) is 12.2. The number of Topliss-reactive ketones (excluding diaryl/α,β-unsaturated/α-hetero) is 1. The number of likely N-dealkylation sites (N-methyl/N-ethyl adjacent to an activating group) is 1. The number of likely N-dealkylation sites (tertiary alicyclic amines) is 1. The highest BCUT2D eigenvalue weighted by atomic mass is 16.6. The molecule has 2 heterocycles. The molecule has 7 atom stereocenters. The van der Waals surface area contributed by atoms with Crippen molar-refractivity contribution in [2.75, 3.05) is 13.6 Å². The van der Waals surface area contributed by atoms with Crippen LogP contribution in [0.4, 0.5) is 0 Å². The first kappa shape index (κ1) is 29.8. The minimum atomic E-state index is -1.70. The molecule has 11 heteroatoms. The highest BCUT2D eigenvalue weighted by Gasteiger charge is 2.72. The predicted molar refractivity (Wildman–Crippen MR) is 153 cm³/mol. The number of phenolic OH excluding ortho intramolecular Hbond substituents is 1. The van der Waals surface area contributed by atoms with Gasteiger partial charge in [-0.05, 0) is 63.6 Å². The first-order chi connectivity index (χ1) is 20.9. The average molecular weight is 606 g/mol. The summed E-state index contributed by atoms with van der Waals surface area (Å²) in [5.41, 5.74) is -0.103. The van der Waals surface area contributed by atoms with Crippen LogP contribution in [0.15, 0.2) is 54.3 Å². The Morgan fingerprint density at radius 2 is 1.77 bits per heavy atom. The lowest BCUT2D eigenvalue weighted by atomic mass is 9.50. The molecule has 0 amide bonds. The Morgan fingerprint density at radius 1 is 1.05 bits per heavy atom. The molecule has 2 aromatic carbocycles. The summed E-state index contributed by atoms with van der Waals surface area (Å²) >= 11 is 0. The molecule has 44 heavy (non-hydrogen) atoms. The molecule has 0 saturated carbocycles. The Bertz CT molecular complexity index is 1570. The summed E-state index contributed by atoms with van der Waals surface area (Å²) in [6, 6.07) is 11.6. The average Bonchev–Trinajstić information content (AvgIpc) is 3.35. The van der Waals surface area contributed by atoms with Crippen molar-refractivity contribution < 1.29 is 48.3 Å². The van der Waals surface area contributed by atoms with E-state index >= 15 is 0 Å². The summed E-state index contributed by atoms with van der Waals surface area (Å²) in [5, 5.41) is 23.0. The number of hydrogen-bond donors (Lipinski definition) is 2. The predicted octanol–water partition coefficient (Wildman–Crippen LogP) is 2.65. The van der Waals surface area contributed by atoms with Crippen molar-refractivity contribution in [1.29, 1.82) is 0 Å². The zero-order valence-electron chi connectivity index (χ0n) is 24.9. The van der Waals surface area contributed by atoms with Gasteiger partial charge >= 0.3 is 17.9 Å². The van der Waals surface area contributed by atoms with E-state index in [0.717, 1.165) is 18.1 Å². The summed E-state index contributed by atoms with van der Waals surface area (Å²) in [7, 11) is 1.97. The van der Waals surface area contributed by atoms with E-state index in [9.17, 15) is 29.4 Å². The van der Waals surface area contributed by atoms with Crippen LogP contribution in [-0.4, -0.2) is 76.2 Å². The van der Waals surface area contributed by atoms with Gasteiger partial charge in [0, 0.05) is 24.9 Å². The lowest BCUT2D eigenvalue weighted by molar-refractivity contribution is -0.182. The van der Waals surface area contributed by atoms with E-state index in [-0.39, 0.29) is 29.7 Å². The third-order valence-electron chi connectivity index (χ3n) is 9.63. The quantitative estimate of drug-likeness (QED) is 0.338. The third kappa shape index (κ3) is 4.40. The van der Waals surface area contributed by atoms with Crippen molar-refractivity contribution in [2.24, 2.45) is 5.92 Å². The van der Waals surface area contributed by atoms with E-state index in [4.69, 9.17) is 18.9 Å². The van der Waals surface area contributed by atoms with Crippen LogP contribution >= 0.6 is 0 Å². The maximum absolute atomic E-state index is 13.6. The van der Waals surface area contributed by atoms with E-state index in [2.05, 4.69) is 4.90 Å². The van der Waals surface area contributed by atoms with Gasteiger partial charge < -0.3 is 34.1 Å². The molecular formula is C33H35NO10. The standard InChI is InChI=1S/C33H35NO10/c1-17(26(41-19(3)36)31(39)44-27(18(2)35)20-8-6-5-7-9-20)30(38)42-23-12-13-33(40)24-16-21-10-11-22(37)28-25(21)32(33,29(23)43-28)14-15-34(24)4/h5-12,17,24,26-27,29,37,40H,13-16H2,1-4H3/t17-,24-,26-,27+,29+,32+,33-/m1/s1. The van der Waals surface area contributed by atoms with Gasteiger partial charge in [-0.1, -0.05) is 36.4 Å². The molecule has 1 saturated heterocycles. The number of carbonyl (C=O) groups is 4. The number of ketones is 1. The molecule has 2 N–H and O–H groups in total. The zero-order valence-corrected chi connectivity index (χ0v) is 24.9. The molecule has 0 radical (unpaired) electrons. The Labute approximate surface area is 254 Å². The first-order valence-corrected chi connectivity index (χ1v) is 14.7. The van der Waals surface area contributed by atoms with Gasteiger partial charge in [-0.25, -0.2) is 4.79 Å². The fourth-order valence-corrected chi connectivity index (χ4v) is 7.50. The van der Waals surface area contributed by atoms with E-state index in [0.29, 0.717) is 24.9 Å². The summed E-state index contributed by atoms with van der Waals surface area (Å²) < 4.78 is 22.9. The van der Waals surface area contributed by atoms with Gasteiger partial charge in [-0.3, -0.25) is 14.4 Å². The molecule has 2 aliphatic heterocycles. The fraction of sp³-hybridized carbons (Fsp3) is 0.455. The van der Waals surface area contributed by atoms with Crippen LogP contribution in [0.2, 0.25) is 0 Å². The Kier molecular flexibility index (Phi) is 7.28. The van der Waals surface area contributed by atoms with Gasteiger partial charge in [0.25, 0.3) is 0 Å². The monoisotopic (exact) mass is 605 g/mol. The number of phenols is 1. The van der Waals surface area contributed by atoms with E-state index in [1.165, 1.54) is 13.8 Å². The third-order valence-corrected chi connectivity index (χ3v) is 9.63. The maximum atomic E-state index is 13.6. The molecule has 1 fully saturated rings. The fourth-order valence-electron chi connectivity index (χ4n) is 7.50. The van der Waals surface area contributed by atoms with Crippen LogP contribution in [0.5, 0.6) is 11.5 Å². The second kappa shape index (κ2) is 10.7. The van der Waals surface area contributed by atoms with Crippen molar-refractivity contribution in [3.05, 3.63) is 71.0 Å². The topological polar surface area (TPSA) is 149 Å². The summed E-state index contributed by atoms with van der Waals surface area (Å²) in [6.45, 7) is 4.37. The van der Waals surface area contributed by atoms with Crippen molar-refractivity contribution >= 4 is 23.7 Å². The van der Waals surface area contributed by atoms with Gasteiger partial charge in [-0.15, -0.1) is 0 Å². The largest absolute Gasteiger partial charge is 0.504 e. The number of rotatable bonds is 8. The number of benzene rings is 2. The van der Waals surface area contributed by atoms with Crippen LogP contribution in [0, 0.1) is 5.92 Å². The van der Waals surface area contributed by atoms with Gasteiger partial charge in [-0.2, -0.15) is 0 Å². The smallest absolute Gasteiger partial charge is 0.349 e. The van der Waals surface area contributed by atoms with Crippen molar-refractivity contribution in [3.63, 3.8) is 0 Å². The highest BCUT2D eigenvalue weighted by molar-refractivity contribution is 5.89. The molecule has 2 bridgehead atoms. The number of piperidine rings is 1. The molecule has 2 aromatic rings. The van der Waals surface area contributed by atoms with E-state index < -0.39 is 58.9 Å². The first-order valence-electron chi connectivity index (χ1n) is 14.7. The SMILES string of the molecule is CC(=O)O[C@@H](C(=O)O[C@@H](C(C)=O)c1ccccc1)[C@@H](C)C(=O)OC1=CC[C@@]2(O)[C@H]3Cc4ccc(O)c5c4[C@@]2(CCN3C)[C@H]1O5. The van der Waals surface area contributed by atoms with Crippen molar-refractivity contribution in [2.45, 2.75) is 75.4 Å². The summed E-state index contributed by atoms with van der Waals surface area (Å²) in [6.07, 6.45) is -1.04. The molecule has 0 aromatic heterocycles. The Balaban J connectivity index is 1.28. The van der Waals surface area contributed by atoms with E-state index in [1.807, 2.05) is 13.1 Å². The molecule has 1 spiro atoms. The number of esters is 3. The van der Waals surface area contributed by atoms with Crippen molar-refractivity contribution in [1.82, 2.24) is 4.90 Å². The molecule has 11 nitrogen and oxygen atoms in total. The molecule has 0 unspecified atom stereocenters. The lowest BCUT2D eigenvalue weighted by Crippen LogP contribution is -2.74. The number of ether oxygens (including phenoxy) is 4. The molecule has 4 aliphatic rings. The minimum Gasteiger partial charge on any atom is -0.504 e. The molecule has 2 aliphatic carbocycles. The number of hydrogen-bond acceptors (Lipinski definition) is 11. The number of carbonyl (C=O) groups excluding carboxylic acids is 4. The summed E-state index contributed by atoms with van der Waals surface area (Å²) in [5.74, 6) is -4.26. The Morgan fingerprint density at radius 3 is 2.45 bits per heavy atom. The molecule has 232 valence electrons. The maximum Gasteiger partial charge on any atom is 0.349 e. The minimum absolute atomic E-state index is 0.0672. The van der Waals surface area contributed by atoms with Gasteiger partial charge in [0.15, 0.2) is 29.5 Å². The van der Waals surface area contributed by atoms with Crippen LogP contribution in [0.3, 0.4) is 0 Å². The van der Waals surface area contributed by atoms with Crippen LogP contribution in [0.25, 0.3) is 0 Å². The van der Waals surface area contributed by atoms with Crippen LogP contribution < -0.4 is 4.74 Å². The van der Waals surface area contributed by atoms with E-state index in [1.54, 1.807) is 42.5 Å². The van der Waals surface area contributed by atoms with Crippen LogP contribution in [0.1, 0.15) is 56.4 Å². The zero-order chi connectivity index (χ0) is 31.6. The van der Waals surface area contributed by atoms with Crippen LogP contribution in [-0.2, 0) is 45.2 Å². The Hall–Kier alpha value is -4.22. The number of aromatic hydroxyl groups is 1. The number of nitrogens with zero attached hydrogens (tertiary/aromatic N) is 1.